The molecule has 0 fully saturated rings. The van der Waals surface area contributed by atoms with Gasteiger partial charge >= 0.3 is 0 Å². The highest BCUT2D eigenvalue weighted by molar-refractivity contribution is 5.97. The Morgan fingerprint density at radius 1 is 1.56 bits per heavy atom. The van der Waals surface area contributed by atoms with Gasteiger partial charge < -0.3 is 9.84 Å². The molecule has 1 aromatic rings. The van der Waals surface area contributed by atoms with Gasteiger partial charge in [-0.25, -0.2) is 0 Å². The number of hydrogen-bond acceptors (Lipinski definition) is 5. The lowest BCUT2D eigenvalue weighted by molar-refractivity contribution is -0.262. The number of aliphatic hydroxyl groups is 1. The second-order valence-electron chi connectivity index (χ2n) is 4.04. The average molecular weight is 249 g/mol. The van der Waals surface area contributed by atoms with Crippen LogP contribution < -0.4 is 0 Å². The van der Waals surface area contributed by atoms with Crippen LogP contribution in [0.4, 0.5) is 0 Å². The Kier molecular flexibility index (Phi) is 3.40. The molecule has 0 saturated carbocycles. The van der Waals surface area contributed by atoms with Crippen molar-refractivity contribution in [3.8, 4) is 0 Å². The zero-order chi connectivity index (χ0) is 13.2. The largest absolute Gasteiger partial charge is 0.347 e. The van der Waals surface area contributed by atoms with E-state index in [1.807, 2.05) is 0 Å². The van der Waals surface area contributed by atoms with Crippen LogP contribution in [-0.4, -0.2) is 39.2 Å². The number of aromatic nitrogens is 1. The second kappa shape index (κ2) is 4.83. The molecule has 96 valence electrons. The van der Waals surface area contributed by atoms with Crippen LogP contribution in [0.15, 0.2) is 29.6 Å². The molecule has 0 aliphatic carbocycles. The summed E-state index contributed by atoms with van der Waals surface area (Å²) in [7, 11) is 0. The van der Waals surface area contributed by atoms with E-state index in [2.05, 4.69) is 10.1 Å². The Hall–Kier alpha value is -1.79. The van der Waals surface area contributed by atoms with Gasteiger partial charge in [-0.05, 0) is 26.0 Å². The molecule has 6 heteroatoms. The van der Waals surface area contributed by atoms with Crippen molar-refractivity contribution in [3.63, 3.8) is 0 Å². The fourth-order valence-corrected chi connectivity index (χ4v) is 1.86. The fraction of sp³-hybridized carbons (Fsp3) is 0.417. The van der Waals surface area contributed by atoms with Crippen LogP contribution in [0.3, 0.4) is 0 Å². The standard InChI is InChI=1S/C12H15N3O3/c1-3-18-12(17)8-9(2)14-15(12)11(16)10-4-6-13-7-5-10/h4-7,17H,3,8H2,1-2H3. The summed E-state index contributed by atoms with van der Waals surface area (Å²) in [5, 5.41) is 15.3. The molecular weight excluding hydrogens is 234 g/mol. The number of pyridine rings is 1. The molecule has 1 aliphatic heterocycles. The summed E-state index contributed by atoms with van der Waals surface area (Å²) in [6.45, 7) is 3.78. The van der Waals surface area contributed by atoms with Crippen molar-refractivity contribution >= 4 is 11.6 Å². The highest BCUT2D eigenvalue weighted by atomic mass is 16.7. The van der Waals surface area contributed by atoms with E-state index in [0.717, 1.165) is 5.01 Å². The molecule has 0 bridgehead atoms. The molecule has 18 heavy (non-hydrogen) atoms. The molecule has 1 N–H and O–H groups in total. The molecule has 0 aromatic carbocycles. The van der Waals surface area contributed by atoms with Gasteiger partial charge in [0.25, 0.3) is 11.8 Å². The van der Waals surface area contributed by atoms with E-state index >= 15 is 0 Å². The molecule has 1 unspecified atom stereocenters. The minimum absolute atomic E-state index is 0.192. The van der Waals surface area contributed by atoms with Crippen molar-refractivity contribution in [2.75, 3.05) is 6.61 Å². The Morgan fingerprint density at radius 2 is 2.22 bits per heavy atom. The first kappa shape index (κ1) is 12.7. The highest BCUT2D eigenvalue weighted by Gasteiger charge is 2.44. The van der Waals surface area contributed by atoms with Crippen molar-refractivity contribution in [2.45, 2.75) is 26.2 Å². The van der Waals surface area contributed by atoms with Crippen LogP contribution in [0.25, 0.3) is 0 Å². The number of ether oxygens (including phenoxy) is 1. The van der Waals surface area contributed by atoms with Crippen LogP contribution >= 0.6 is 0 Å². The van der Waals surface area contributed by atoms with Crippen molar-refractivity contribution in [1.29, 1.82) is 0 Å². The zero-order valence-electron chi connectivity index (χ0n) is 10.3. The molecule has 0 spiro atoms. The topological polar surface area (TPSA) is 75.0 Å². The predicted octanol–water partition coefficient (Wildman–Crippen LogP) is 0.986. The summed E-state index contributed by atoms with van der Waals surface area (Å²) in [6.07, 6.45) is 3.22. The Balaban J connectivity index is 2.28. The van der Waals surface area contributed by atoms with Gasteiger partial charge in [0.15, 0.2) is 0 Å². The molecule has 1 amide bonds. The van der Waals surface area contributed by atoms with Crippen LogP contribution in [-0.2, 0) is 4.74 Å². The van der Waals surface area contributed by atoms with Crippen molar-refractivity contribution in [3.05, 3.63) is 30.1 Å². The highest BCUT2D eigenvalue weighted by Crippen LogP contribution is 2.28. The summed E-state index contributed by atoms with van der Waals surface area (Å²) >= 11 is 0. The maximum atomic E-state index is 12.2. The SMILES string of the molecule is CCOC1(O)CC(C)=NN1C(=O)c1ccncc1. The van der Waals surface area contributed by atoms with E-state index in [1.54, 1.807) is 26.0 Å². The summed E-state index contributed by atoms with van der Waals surface area (Å²) in [5.41, 5.74) is 1.05. The Bertz CT molecular complexity index is 475. The molecule has 0 saturated heterocycles. The second-order valence-corrected chi connectivity index (χ2v) is 4.04. The Labute approximate surface area is 105 Å². The van der Waals surface area contributed by atoms with Crippen molar-refractivity contribution in [1.82, 2.24) is 9.99 Å². The summed E-state index contributed by atoms with van der Waals surface area (Å²) in [5.74, 6) is -2.09. The van der Waals surface area contributed by atoms with E-state index < -0.39 is 11.8 Å². The van der Waals surface area contributed by atoms with E-state index in [1.165, 1.54) is 12.4 Å². The maximum Gasteiger partial charge on any atom is 0.278 e. The van der Waals surface area contributed by atoms with Gasteiger partial charge in [-0.3, -0.25) is 9.78 Å². The lowest BCUT2D eigenvalue weighted by Crippen LogP contribution is -2.48. The molecule has 2 rings (SSSR count). The number of hydrogen-bond donors (Lipinski definition) is 1. The van der Waals surface area contributed by atoms with Crippen molar-refractivity contribution < 1.29 is 14.6 Å². The van der Waals surface area contributed by atoms with Crippen LogP contribution in [0.1, 0.15) is 30.6 Å². The average Bonchev–Trinajstić information content (AvgIpc) is 2.65. The summed E-state index contributed by atoms with van der Waals surface area (Å²) in [6, 6.07) is 3.13. The van der Waals surface area contributed by atoms with Crippen LogP contribution in [0, 0.1) is 0 Å². The molecule has 2 heterocycles. The smallest absolute Gasteiger partial charge is 0.278 e. The molecule has 0 radical (unpaired) electrons. The molecular formula is C12H15N3O3. The van der Waals surface area contributed by atoms with Gasteiger partial charge in [0, 0.05) is 30.3 Å². The third-order valence-corrected chi connectivity index (χ3v) is 2.58. The number of rotatable bonds is 3. The fourth-order valence-electron chi connectivity index (χ4n) is 1.86. The van der Waals surface area contributed by atoms with E-state index in [4.69, 9.17) is 4.74 Å². The van der Waals surface area contributed by atoms with Crippen LogP contribution in [0.2, 0.25) is 0 Å². The number of carbonyl (C=O) groups is 1. The number of amides is 1. The first-order chi connectivity index (χ1) is 8.57. The summed E-state index contributed by atoms with van der Waals surface area (Å²) in [4.78, 5) is 16.1. The predicted molar refractivity (Wildman–Crippen MR) is 64.7 cm³/mol. The minimum atomic E-state index is -1.68. The lowest BCUT2D eigenvalue weighted by Gasteiger charge is -2.30. The van der Waals surface area contributed by atoms with Crippen molar-refractivity contribution in [2.24, 2.45) is 5.10 Å². The summed E-state index contributed by atoms with van der Waals surface area (Å²) < 4.78 is 5.25. The van der Waals surface area contributed by atoms with Gasteiger partial charge in [-0.15, -0.1) is 0 Å². The lowest BCUT2D eigenvalue weighted by atomic mass is 10.2. The van der Waals surface area contributed by atoms with Gasteiger partial charge in [0.1, 0.15) is 0 Å². The van der Waals surface area contributed by atoms with E-state index in [9.17, 15) is 9.90 Å². The maximum absolute atomic E-state index is 12.2. The molecule has 1 aromatic heterocycles. The zero-order valence-corrected chi connectivity index (χ0v) is 10.3. The van der Waals surface area contributed by atoms with Gasteiger partial charge in [-0.1, -0.05) is 0 Å². The molecule has 1 aliphatic rings. The van der Waals surface area contributed by atoms with E-state index in [0.29, 0.717) is 17.9 Å². The quantitative estimate of drug-likeness (QED) is 0.810. The number of nitrogens with zero attached hydrogens (tertiary/aromatic N) is 3. The molecule has 6 nitrogen and oxygen atoms in total. The third-order valence-electron chi connectivity index (χ3n) is 2.58. The monoisotopic (exact) mass is 249 g/mol. The molecule has 1 atom stereocenters. The first-order valence-corrected chi connectivity index (χ1v) is 5.72. The Morgan fingerprint density at radius 3 is 2.83 bits per heavy atom. The third kappa shape index (κ3) is 2.25. The van der Waals surface area contributed by atoms with Gasteiger partial charge in [0.2, 0.25) is 0 Å². The van der Waals surface area contributed by atoms with E-state index in [-0.39, 0.29) is 6.42 Å². The minimum Gasteiger partial charge on any atom is -0.347 e. The first-order valence-electron chi connectivity index (χ1n) is 5.72. The number of carbonyl (C=O) groups excluding carboxylic acids is 1. The normalized spacial score (nSPS) is 23.1. The number of hydrazone groups is 1. The van der Waals surface area contributed by atoms with Gasteiger partial charge in [-0.2, -0.15) is 10.1 Å². The van der Waals surface area contributed by atoms with Crippen LogP contribution in [0.5, 0.6) is 0 Å². The van der Waals surface area contributed by atoms with Gasteiger partial charge in [0.05, 0.1) is 6.42 Å².